The Labute approximate surface area is 133 Å². The molecule has 0 fully saturated rings. The van der Waals surface area contributed by atoms with Crippen LogP contribution in [0, 0.1) is 0 Å². The van der Waals surface area contributed by atoms with Gasteiger partial charge in [0.05, 0.1) is 11.4 Å². The van der Waals surface area contributed by atoms with Gasteiger partial charge in [0.25, 0.3) is 0 Å². The first-order valence-electron chi connectivity index (χ1n) is 6.53. The lowest BCUT2D eigenvalue weighted by Gasteiger charge is -2.22. The van der Waals surface area contributed by atoms with Crippen LogP contribution in [0.5, 0.6) is 0 Å². The monoisotopic (exact) mass is 315 g/mol. The van der Waals surface area contributed by atoms with E-state index in [1.54, 1.807) is 12.4 Å². The fourth-order valence-electron chi connectivity index (χ4n) is 1.65. The standard InChI is InChI=1S/C12H13N3.C4H4O4/c1-3-11-5-4-10-15(11)14(2)12-6-8-13-9-7-12;5-3(6)1-2-4(7)8/h3-10H,1H2,2H3;1-2H,(H,5,6)(H,7,8)/b;2-1-. The minimum absolute atomic E-state index is 0.558. The maximum atomic E-state index is 9.55. The molecule has 0 aromatic carbocycles. The number of aromatic nitrogens is 2. The van der Waals surface area contributed by atoms with E-state index in [0.717, 1.165) is 11.4 Å². The first-order chi connectivity index (χ1) is 11.0. The number of hydrogen-bond donors (Lipinski definition) is 2. The Morgan fingerprint density at radius 3 is 2.22 bits per heavy atom. The third-order valence-corrected chi connectivity index (χ3v) is 2.70. The topological polar surface area (TPSA) is 95.7 Å². The van der Waals surface area contributed by atoms with Gasteiger partial charge in [-0.2, -0.15) is 0 Å². The van der Waals surface area contributed by atoms with Crippen LogP contribution in [0.25, 0.3) is 6.08 Å². The second-order valence-electron chi connectivity index (χ2n) is 4.22. The Kier molecular flexibility index (Phi) is 6.80. The van der Waals surface area contributed by atoms with Gasteiger partial charge in [-0.05, 0) is 30.3 Å². The largest absolute Gasteiger partial charge is 0.478 e. The second kappa shape index (κ2) is 8.83. The van der Waals surface area contributed by atoms with E-state index >= 15 is 0 Å². The van der Waals surface area contributed by atoms with E-state index in [2.05, 4.69) is 11.6 Å². The smallest absolute Gasteiger partial charge is 0.328 e. The summed E-state index contributed by atoms with van der Waals surface area (Å²) < 4.78 is 2.03. The Morgan fingerprint density at radius 2 is 1.74 bits per heavy atom. The molecule has 2 rings (SSSR count). The van der Waals surface area contributed by atoms with E-state index in [0.29, 0.717) is 12.2 Å². The zero-order valence-electron chi connectivity index (χ0n) is 12.5. The van der Waals surface area contributed by atoms with Gasteiger partial charge < -0.3 is 10.2 Å². The lowest BCUT2D eigenvalue weighted by molar-refractivity contribution is -0.134. The van der Waals surface area contributed by atoms with Crippen LogP contribution in [-0.2, 0) is 9.59 Å². The van der Waals surface area contributed by atoms with E-state index in [-0.39, 0.29) is 0 Å². The Balaban J connectivity index is 0.000000284. The van der Waals surface area contributed by atoms with Crippen LogP contribution in [0.2, 0.25) is 0 Å². The number of rotatable bonds is 5. The van der Waals surface area contributed by atoms with Gasteiger partial charge in [-0.25, -0.2) is 9.59 Å². The van der Waals surface area contributed by atoms with Crippen molar-refractivity contribution in [1.29, 1.82) is 0 Å². The molecule has 0 radical (unpaired) electrons. The van der Waals surface area contributed by atoms with Crippen molar-refractivity contribution in [2.24, 2.45) is 0 Å². The van der Waals surface area contributed by atoms with Crippen molar-refractivity contribution in [2.45, 2.75) is 0 Å². The lowest BCUT2D eigenvalue weighted by Crippen LogP contribution is -2.24. The number of carboxylic acid groups (broad SMARTS) is 2. The number of carboxylic acids is 2. The van der Waals surface area contributed by atoms with Crippen molar-refractivity contribution >= 4 is 23.7 Å². The molecule has 0 unspecified atom stereocenters. The molecule has 0 aliphatic carbocycles. The van der Waals surface area contributed by atoms with Gasteiger partial charge in [-0.3, -0.25) is 14.7 Å². The van der Waals surface area contributed by atoms with Gasteiger partial charge in [0.2, 0.25) is 0 Å². The van der Waals surface area contributed by atoms with Crippen molar-refractivity contribution in [3.63, 3.8) is 0 Å². The molecule has 7 heteroatoms. The zero-order valence-corrected chi connectivity index (χ0v) is 12.5. The molecular formula is C16H17N3O4. The van der Waals surface area contributed by atoms with Crippen molar-refractivity contribution in [2.75, 3.05) is 12.1 Å². The molecule has 0 atom stereocenters. The molecule has 0 aliphatic heterocycles. The van der Waals surface area contributed by atoms with Gasteiger partial charge >= 0.3 is 11.9 Å². The maximum absolute atomic E-state index is 9.55. The van der Waals surface area contributed by atoms with Gasteiger partial charge in [0, 0.05) is 37.8 Å². The van der Waals surface area contributed by atoms with Crippen molar-refractivity contribution < 1.29 is 19.8 Å². The summed E-state index contributed by atoms with van der Waals surface area (Å²) in [6.45, 7) is 3.78. The summed E-state index contributed by atoms with van der Waals surface area (Å²) in [5.74, 6) is -2.51. The number of carbonyl (C=O) groups is 2. The normalized spacial score (nSPS) is 9.78. The molecule has 0 saturated carbocycles. The van der Waals surface area contributed by atoms with E-state index in [1.807, 2.05) is 53.3 Å². The van der Waals surface area contributed by atoms with Gasteiger partial charge in [0.1, 0.15) is 0 Å². The summed E-state index contributed by atoms with van der Waals surface area (Å²) in [5, 5.41) is 17.7. The Hall–Kier alpha value is -3.35. The molecule has 2 heterocycles. The quantitative estimate of drug-likeness (QED) is 0.821. The maximum Gasteiger partial charge on any atom is 0.328 e. The van der Waals surface area contributed by atoms with Crippen LogP contribution < -0.4 is 5.01 Å². The number of nitrogens with zero attached hydrogens (tertiary/aromatic N) is 3. The van der Waals surface area contributed by atoms with Crippen LogP contribution in [0.3, 0.4) is 0 Å². The van der Waals surface area contributed by atoms with E-state index in [4.69, 9.17) is 10.2 Å². The average molecular weight is 315 g/mol. The van der Waals surface area contributed by atoms with Crippen molar-refractivity contribution in [3.8, 4) is 0 Å². The van der Waals surface area contributed by atoms with Gasteiger partial charge in [0.15, 0.2) is 0 Å². The van der Waals surface area contributed by atoms with E-state index in [9.17, 15) is 9.59 Å². The van der Waals surface area contributed by atoms with Crippen LogP contribution in [0.4, 0.5) is 5.69 Å². The summed E-state index contributed by atoms with van der Waals surface area (Å²) in [6.07, 6.45) is 8.51. The van der Waals surface area contributed by atoms with Gasteiger partial charge in [-0.1, -0.05) is 6.58 Å². The Morgan fingerprint density at radius 1 is 1.17 bits per heavy atom. The van der Waals surface area contributed by atoms with Crippen molar-refractivity contribution in [3.05, 3.63) is 67.3 Å². The summed E-state index contributed by atoms with van der Waals surface area (Å²) in [6, 6.07) is 7.94. The Bertz CT molecular complexity index is 676. The number of anilines is 1. The SMILES string of the molecule is C=Cc1cccn1N(C)c1ccncc1.O=C(O)/C=C\C(=O)O. The first-order valence-corrected chi connectivity index (χ1v) is 6.53. The van der Waals surface area contributed by atoms with Crippen LogP contribution >= 0.6 is 0 Å². The molecule has 7 nitrogen and oxygen atoms in total. The molecule has 0 amide bonds. The molecule has 2 aromatic heterocycles. The lowest BCUT2D eigenvalue weighted by atomic mass is 10.4. The minimum atomic E-state index is -1.26. The second-order valence-corrected chi connectivity index (χ2v) is 4.22. The van der Waals surface area contributed by atoms with Gasteiger partial charge in [-0.15, -0.1) is 0 Å². The highest BCUT2D eigenvalue weighted by atomic mass is 16.4. The molecule has 0 spiro atoms. The van der Waals surface area contributed by atoms with E-state index < -0.39 is 11.9 Å². The average Bonchev–Trinajstić information content (AvgIpc) is 3.02. The third kappa shape index (κ3) is 5.88. The summed E-state index contributed by atoms with van der Waals surface area (Å²) in [4.78, 5) is 23.1. The molecule has 120 valence electrons. The number of hydrogen-bond acceptors (Lipinski definition) is 4. The molecule has 2 aromatic rings. The summed E-state index contributed by atoms with van der Waals surface area (Å²) >= 11 is 0. The van der Waals surface area contributed by atoms with Crippen LogP contribution in [-0.4, -0.2) is 38.9 Å². The predicted molar refractivity (Wildman–Crippen MR) is 87.0 cm³/mol. The highest BCUT2D eigenvalue weighted by molar-refractivity contribution is 5.89. The molecule has 2 N–H and O–H groups in total. The summed E-state index contributed by atoms with van der Waals surface area (Å²) in [7, 11) is 2.00. The molecular weight excluding hydrogens is 298 g/mol. The first kappa shape index (κ1) is 17.7. The van der Waals surface area contributed by atoms with E-state index in [1.165, 1.54) is 0 Å². The fraction of sp³-hybridized carbons (Fsp3) is 0.0625. The molecule has 0 saturated heterocycles. The molecule has 0 aliphatic rings. The third-order valence-electron chi connectivity index (χ3n) is 2.70. The number of aliphatic carboxylic acids is 2. The molecule has 0 bridgehead atoms. The summed E-state index contributed by atoms with van der Waals surface area (Å²) in [5.41, 5.74) is 2.15. The highest BCUT2D eigenvalue weighted by Crippen LogP contribution is 2.14. The highest BCUT2D eigenvalue weighted by Gasteiger charge is 2.03. The van der Waals surface area contributed by atoms with Crippen LogP contribution in [0.1, 0.15) is 5.69 Å². The zero-order chi connectivity index (χ0) is 17.2. The van der Waals surface area contributed by atoms with Crippen LogP contribution in [0.15, 0.2) is 61.6 Å². The number of pyridine rings is 1. The predicted octanol–water partition coefficient (Wildman–Crippen LogP) is 2.14. The van der Waals surface area contributed by atoms with Crippen molar-refractivity contribution in [1.82, 2.24) is 9.66 Å². The fourth-order valence-corrected chi connectivity index (χ4v) is 1.65. The molecule has 23 heavy (non-hydrogen) atoms. The minimum Gasteiger partial charge on any atom is -0.478 e.